The van der Waals surface area contributed by atoms with Gasteiger partial charge in [-0.1, -0.05) is 18.2 Å². The number of aliphatic hydroxyl groups is 1. The molecule has 2 aromatic heterocycles. The summed E-state index contributed by atoms with van der Waals surface area (Å²) in [5.41, 5.74) is 2.36. The molecule has 166 valence electrons. The summed E-state index contributed by atoms with van der Waals surface area (Å²) in [5.74, 6) is -0.974. The van der Waals surface area contributed by atoms with Crippen molar-refractivity contribution in [2.24, 2.45) is 0 Å². The van der Waals surface area contributed by atoms with E-state index in [2.05, 4.69) is 4.98 Å². The Kier molecular flexibility index (Phi) is 5.71. The van der Waals surface area contributed by atoms with Crippen LogP contribution in [0.15, 0.2) is 54.2 Å². The molecular weight excluding hydrogens is 408 g/mol. The summed E-state index contributed by atoms with van der Waals surface area (Å²) in [5, 5.41) is 11.4. The molecule has 1 fully saturated rings. The molecule has 0 radical (unpaired) electrons. The van der Waals surface area contributed by atoms with Crippen LogP contribution in [0.2, 0.25) is 0 Å². The minimum Gasteiger partial charge on any atom is -0.505 e. The summed E-state index contributed by atoms with van der Waals surface area (Å²) in [4.78, 5) is 34.2. The summed E-state index contributed by atoms with van der Waals surface area (Å²) in [6.07, 6.45) is 1.77. The van der Waals surface area contributed by atoms with Crippen molar-refractivity contribution in [2.75, 3.05) is 34.3 Å². The van der Waals surface area contributed by atoms with Crippen LogP contribution in [-0.4, -0.2) is 70.3 Å². The number of ether oxygens (including phenoxy) is 1. The lowest BCUT2D eigenvalue weighted by Crippen LogP contribution is -2.35. The Labute approximate surface area is 186 Å². The number of imidazole rings is 1. The molecule has 0 spiro atoms. The standard InChI is InChI=1S/C24H26N4O4/c1-15-20(27-11-6-5-10-18(27)25-15)22(29)19-21(16-8-7-9-17(14-16)32-4)28(13-12-26(2)3)24(31)23(19)30/h5-11,14,21,29H,12-13H2,1-4H3/b22-19+/t21-/m1/s1. The molecule has 1 saturated heterocycles. The molecule has 1 aromatic carbocycles. The predicted molar refractivity (Wildman–Crippen MR) is 120 cm³/mol. The average molecular weight is 434 g/mol. The van der Waals surface area contributed by atoms with E-state index in [1.807, 2.05) is 43.3 Å². The third-order valence-electron chi connectivity index (χ3n) is 5.67. The van der Waals surface area contributed by atoms with Gasteiger partial charge in [0, 0.05) is 19.3 Å². The molecule has 1 N–H and O–H groups in total. The summed E-state index contributed by atoms with van der Waals surface area (Å²) in [7, 11) is 5.36. The highest BCUT2D eigenvalue weighted by Crippen LogP contribution is 2.40. The number of carbonyl (C=O) groups excluding carboxylic acids is 2. The number of hydrogen-bond acceptors (Lipinski definition) is 6. The zero-order chi connectivity index (χ0) is 23.0. The van der Waals surface area contributed by atoms with E-state index < -0.39 is 17.7 Å². The van der Waals surface area contributed by atoms with E-state index >= 15 is 0 Å². The largest absolute Gasteiger partial charge is 0.505 e. The summed E-state index contributed by atoms with van der Waals surface area (Å²) < 4.78 is 7.08. The number of benzene rings is 1. The molecule has 0 bridgehead atoms. The molecule has 1 aliphatic rings. The molecule has 8 heteroatoms. The van der Waals surface area contributed by atoms with Crippen molar-refractivity contribution in [3.8, 4) is 5.75 Å². The predicted octanol–water partition coefficient (Wildman–Crippen LogP) is 2.63. The number of carbonyl (C=O) groups is 2. The van der Waals surface area contributed by atoms with Crippen molar-refractivity contribution in [3.63, 3.8) is 0 Å². The van der Waals surface area contributed by atoms with Gasteiger partial charge in [-0.15, -0.1) is 0 Å². The van der Waals surface area contributed by atoms with Crippen LogP contribution in [0, 0.1) is 6.92 Å². The molecule has 1 aliphatic heterocycles. The molecule has 1 atom stereocenters. The molecule has 3 heterocycles. The molecule has 3 aromatic rings. The van der Waals surface area contributed by atoms with Gasteiger partial charge in [-0.05, 0) is 50.8 Å². The number of likely N-dealkylation sites (tertiary alicyclic amines) is 1. The maximum atomic E-state index is 13.2. The highest BCUT2D eigenvalue weighted by atomic mass is 16.5. The van der Waals surface area contributed by atoms with Gasteiger partial charge in [0.15, 0.2) is 5.76 Å². The third kappa shape index (κ3) is 3.62. The molecule has 4 rings (SSSR count). The number of aromatic nitrogens is 2. The highest BCUT2D eigenvalue weighted by Gasteiger charge is 2.46. The van der Waals surface area contributed by atoms with Gasteiger partial charge in [0.25, 0.3) is 11.7 Å². The Morgan fingerprint density at radius 3 is 2.69 bits per heavy atom. The molecule has 32 heavy (non-hydrogen) atoms. The lowest BCUT2D eigenvalue weighted by atomic mass is 9.96. The lowest BCUT2D eigenvalue weighted by molar-refractivity contribution is -0.140. The minimum absolute atomic E-state index is 0.0516. The summed E-state index contributed by atoms with van der Waals surface area (Å²) in [6, 6.07) is 12.0. The van der Waals surface area contributed by atoms with E-state index in [9.17, 15) is 14.7 Å². The molecule has 1 amide bonds. The number of methoxy groups -OCH3 is 1. The van der Waals surface area contributed by atoms with Crippen LogP contribution < -0.4 is 4.74 Å². The van der Waals surface area contributed by atoms with Gasteiger partial charge in [0.2, 0.25) is 0 Å². The first-order chi connectivity index (χ1) is 15.3. The van der Waals surface area contributed by atoms with Crippen molar-refractivity contribution in [2.45, 2.75) is 13.0 Å². The molecule has 0 aliphatic carbocycles. The maximum Gasteiger partial charge on any atom is 0.295 e. The fourth-order valence-electron chi connectivity index (χ4n) is 4.10. The quantitative estimate of drug-likeness (QED) is 0.365. The van der Waals surface area contributed by atoms with Gasteiger partial charge in [-0.25, -0.2) is 4.98 Å². The SMILES string of the molecule is COc1cccc([C@@H]2/C(=C(\O)c3c(C)nc4ccccn34)C(=O)C(=O)N2CCN(C)C)c1. The van der Waals surface area contributed by atoms with E-state index in [0.717, 1.165) is 0 Å². The number of likely N-dealkylation sites (N-methyl/N-ethyl adjacent to an activating group) is 1. The van der Waals surface area contributed by atoms with Gasteiger partial charge < -0.3 is 19.6 Å². The van der Waals surface area contributed by atoms with Crippen molar-refractivity contribution >= 4 is 23.1 Å². The van der Waals surface area contributed by atoms with Gasteiger partial charge in [0.05, 0.1) is 24.4 Å². The van der Waals surface area contributed by atoms with Crippen LogP contribution in [0.4, 0.5) is 0 Å². The van der Waals surface area contributed by atoms with E-state index in [4.69, 9.17) is 4.74 Å². The molecular formula is C24H26N4O4. The first-order valence-electron chi connectivity index (χ1n) is 10.3. The smallest absolute Gasteiger partial charge is 0.295 e. The third-order valence-corrected chi connectivity index (χ3v) is 5.67. The Bertz CT molecular complexity index is 1230. The van der Waals surface area contributed by atoms with Crippen LogP contribution in [0.25, 0.3) is 11.4 Å². The van der Waals surface area contributed by atoms with Crippen LogP contribution in [-0.2, 0) is 9.59 Å². The summed E-state index contributed by atoms with van der Waals surface area (Å²) >= 11 is 0. The Balaban J connectivity index is 1.93. The molecule has 8 nitrogen and oxygen atoms in total. The van der Waals surface area contributed by atoms with Crippen LogP contribution >= 0.6 is 0 Å². The fraction of sp³-hybridized carbons (Fsp3) is 0.292. The van der Waals surface area contributed by atoms with Gasteiger partial charge in [-0.2, -0.15) is 0 Å². The number of nitrogens with zero attached hydrogens (tertiary/aromatic N) is 4. The number of Topliss-reactive ketones (excluding diaryl/α,β-unsaturated/α-hetero) is 1. The van der Waals surface area contributed by atoms with E-state index in [1.54, 1.807) is 42.8 Å². The summed E-state index contributed by atoms with van der Waals surface area (Å²) in [6.45, 7) is 2.68. The normalized spacial score (nSPS) is 18.2. The van der Waals surface area contributed by atoms with Gasteiger partial charge >= 0.3 is 0 Å². The zero-order valence-corrected chi connectivity index (χ0v) is 18.6. The first kappa shape index (κ1) is 21.6. The number of aliphatic hydroxyl groups excluding tert-OH is 1. The number of fused-ring (bicyclic) bond motifs is 1. The van der Waals surface area contributed by atoms with Crippen LogP contribution in [0.5, 0.6) is 5.75 Å². The fourth-order valence-corrected chi connectivity index (χ4v) is 4.10. The number of hydrogen-bond donors (Lipinski definition) is 1. The number of ketones is 1. The number of pyridine rings is 1. The molecule has 0 unspecified atom stereocenters. The number of rotatable bonds is 6. The highest BCUT2D eigenvalue weighted by molar-refractivity contribution is 6.46. The average Bonchev–Trinajstić information content (AvgIpc) is 3.25. The maximum absolute atomic E-state index is 13.2. The first-order valence-corrected chi connectivity index (χ1v) is 10.3. The van der Waals surface area contributed by atoms with Crippen molar-refractivity contribution in [1.29, 1.82) is 0 Å². The van der Waals surface area contributed by atoms with Gasteiger partial charge in [-0.3, -0.25) is 14.0 Å². The van der Waals surface area contributed by atoms with E-state index in [1.165, 1.54) is 4.90 Å². The Morgan fingerprint density at radius 1 is 1.19 bits per heavy atom. The number of amides is 1. The van der Waals surface area contributed by atoms with Crippen molar-refractivity contribution < 1.29 is 19.4 Å². The Hall–Kier alpha value is -3.65. The van der Waals surface area contributed by atoms with Crippen molar-refractivity contribution in [3.05, 3.63) is 71.2 Å². The van der Waals surface area contributed by atoms with E-state index in [0.29, 0.717) is 41.4 Å². The van der Waals surface area contributed by atoms with Crippen LogP contribution in [0.1, 0.15) is 23.0 Å². The second kappa shape index (κ2) is 8.47. The lowest BCUT2D eigenvalue weighted by Gasteiger charge is -2.26. The monoisotopic (exact) mass is 434 g/mol. The zero-order valence-electron chi connectivity index (χ0n) is 18.6. The topological polar surface area (TPSA) is 87.4 Å². The van der Waals surface area contributed by atoms with Gasteiger partial charge in [0.1, 0.15) is 17.1 Å². The van der Waals surface area contributed by atoms with E-state index in [-0.39, 0.29) is 11.3 Å². The second-order valence-electron chi connectivity index (χ2n) is 8.05. The molecule has 0 saturated carbocycles. The Morgan fingerprint density at radius 2 is 1.97 bits per heavy atom. The number of aryl methyl sites for hydroxylation is 1. The second-order valence-corrected chi connectivity index (χ2v) is 8.05. The van der Waals surface area contributed by atoms with Crippen LogP contribution in [0.3, 0.4) is 0 Å². The minimum atomic E-state index is -0.737. The van der Waals surface area contributed by atoms with Crippen molar-refractivity contribution in [1.82, 2.24) is 19.2 Å².